The Labute approximate surface area is 122 Å². The largest absolute Gasteiger partial charge is 0.492 e. The summed E-state index contributed by atoms with van der Waals surface area (Å²) in [6, 6.07) is 4.57. The summed E-state index contributed by atoms with van der Waals surface area (Å²) in [6.07, 6.45) is 0.102. The second-order valence-corrected chi connectivity index (χ2v) is 6.76. The minimum atomic E-state index is -3.63. The van der Waals surface area contributed by atoms with Gasteiger partial charge in [0.1, 0.15) is 5.75 Å². The van der Waals surface area contributed by atoms with E-state index in [0.29, 0.717) is 16.8 Å². The molecule has 0 radical (unpaired) electrons. The van der Waals surface area contributed by atoms with Crippen molar-refractivity contribution < 1.29 is 18.3 Å². The van der Waals surface area contributed by atoms with E-state index in [0.717, 1.165) is 6.42 Å². The summed E-state index contributed by atoms with van der Waals surface area (Å²) >= 11 is 3.31. The van der Waals surface area contributed by atoms with Crippen molar-refractivity contribution in [3.05, 3.63) is 22.7 Å². The van der Waals surface area contributed by atoms with Gasteiger partial charge in [-0.05, 0) is 41.4 Å². The Bertz CT molecular complexity index is 516. The second-order valence-electron chi connectivity index (χ2n) is 4.14. The first kappa shape index (κ1) is 16.4. The van der Waals surface area contributed by atoms with Gasteiger partial charge in [0.2, 0.25) is 10.0 Å². The maximum absolute atomic E-state index is 12.0. The van der Waals surface area contributed by atoms with Gasteiger partial charge in [0.25, 0.3) is 0 Å². The first-order chi connectivity index (χ1) is 8.86. The van der Waals surface area contributed by atoms with Crippen LogP contribution in [0.1, 0.15) is 20.3 Å². The lowest BCUT2D eigenvalue weighted by Crippen LogP contribution is -2.30. The van der Waals surface area contributed by atoms with Crippen molar-refractivity contribution in [1.29, 1.82) is 0 Å². The zero-order valence-corrected chi connectivity index (χ0v) is 13.3. The van der Waals surface area contributed by atoms with E-state index in [1.165, 1.54) is 19.1 Å². The molecule has 1 aromatic carbocycles. The highest BCUT2D eigenvalue weighted by Gasteiger charge is 2.16. The molecule has 7 heteroatoms. The summed E-state index contributed by atoms with van der Waals surface area (Å²) in [5, 5.41) is 9.12. The smallest absolute Gasteiger partial charge is 0.240 e. The van der Waals surface area contributed by atoms with Crippen LogP contribution in [0.4, 0.5) is 0 Å². The van der Waals surface area contributed by atoms with Crippen LogP contribution in [-0.2, 0) is 10.0 Å². The number of aliphatic hydroxyl groups is 1. The Kier molecular flexibility index (Phi) is 6.25. The number of benzene rings is 1. The van der Waals surface area contributed by atoms with Crippen molar-refractivity contribution in [2.75, 3.05) is 13.2 Å². The number of hydrogen-bond donors (Lipinski definition) is 2. The van der Waals surface area contributed by atoms with Crippen molar-refractivity contribution in [1.82, 2.24) is 4.72 Å². The third kappa shape index (κ3) is 5.10. The van der Waals surface area contributed by atoms with E-state index < -0.39 is 16.1 Å². The fraction of sp³-hybridized carbons (Fsp3) is 0.500. The van der Waals surface area contributed by atoms with Gasteiger partial charge in [0.15, 0.2) is 0 Å². The predicted molar refractivity (Wildman–Crippen MR) is 76.8 cm³/mol. The number of rotatable bonds is 7. The topological polar surface area (TPSA) is 75.6 Å². The average molecular weight is 352 g/mol. The SMILES string of the molecule is CCCOc1cc(S(=O)(=O)NCC(C)O)ccc1Br. The van der Waals surface area contributed by atoms with Crippen LogP contribution in [0, 0.1) is 0 Å². The lowest BCUT2D eigenvalue weighted by Gasteiger charge is -2.11. The Hall–Kier alpha value is -0.630. The Morgan fingerprint density at radius 3 is 2.74 bits per heavy atom. The molecule has 0 spiro atoms. The molecule has 2 N–H and O–H groups in total. The van der Waals surface area contributed by atoms with Crippen LogP contribution in [0.2, 0.25) is 0 Å². The number of sulfonamides is 1. The lowest BCUT2D eigenvalue weighted by molar-refractivity contribution is 0.198. The van der Waals surface area contributed by atoms with Gasteiger partial charge in [-0.2, -0.15) is 0 Å². The molecule has 0 aliphatic carbocycles. The molecule has 0 saturated heterocycles. The van der Waals surface area contributed by atoms with Crippen LogP contribution < -0.4 is 9.46 Å². The maximum Gasteiger partial charge on any atom is 0.240 e. The third-order valence-electron chi connectivity index (χ3n) is 2.24. The van der Waals surface area contributed by atoms with Gasteiger partial charge in [-0.15, -0.1) is 0 Å². The highest BCUT2D eigenvalue weighted by molar-refractivity contribution is 9.10. The molecule has 0 amide bonds. The van der Waals surface area contributed by atoms with Gasteiger partial charge >= 0.3 is 0 Å². The highest BCUT2D eigenvalue weighted by atomic mass is 79.9. The molecule has 1 atom stereocenters. The molecule has 108 valence electrons. The summed E-state index contributed by atoms with van der Waals surface area (Å²) in [5.41, 5.74) is 0. The molecule has 0 fully saturated rings. The average Bonchev–Trinajstić information content (AvgIpc) is 2.35. The molecule has 5 nitrogen and oxygen atoms in total. The van der Waals surface area contributed by atoms with Crippen LogP contribution in [-0.4, -0.2) is 32.8 Å². The number of ether oxygens (including phenoxy) is 1. The first-order valence-corrected chi connectivity index (χ1v) is 8.24. The van der Waals surface area contributed by atoms with E-state index in [9.17, 15) is 8.42 Å². The molecule has 1 unspecified atom stereocenters. The van der Waals surface area contributed by atoms with Gasteiger partial charge < -0.3 is 9.84 Å². The lowest BCUT2D eigenvalue weighted by atomic mass is 10.3. The van der Waals surface area contributed by atoms with E-state index in [2.05, 4.69) is 20.7 Å². The zero-order valence-electron chi connectivity index (χ0n) is 10.9. The van der Waals surface area contributed by atoms with E-state index in [-0.39, 0.29) is 11.4 Å². The third-order valence-corrected chi connectivity index (χ3v) is 4.32. The minimum Gasteiger partial charge on any atom is -0.492 e. The van der Waals surface area contributed by atoms with E-state index in [4.69, 9.17) is 9.84 Å². The van der Waals surface area contributed by atoms with Crippen LogP contribution in [0.5, 0.6) is 5.75 Å². The van der Waals surface area contributed by atoms with Gasteiger partial charge in [0, 0.05) is 12.6 Å². The normalized spacial score (nSPS) is 13.3. The van der Waals surface area contributed by atoms with Crippen molar-refractivity contribution in [2.24, 2.45) is 0 Å². The number of hydrogen-bond acceptors (Lipinski definition) is 4. The van der Waals surface area contributed by atoms with Crippen molar-refractivity contribution >= 4 is 26.0 Å². The molecule has 0 heterocycles. The van der Waals surface area contributed by atoms with E-state index >= 15 is 0 Å². The highest BCUT2D eigenvalue weighted by Crippen LogP contribution is 2.28. The number of nitrogens with one attached hydrogen (secondary N) is 1. The van der Waals surface area contributed by atoms with Gasteiger partial charge in [-0.1, -0.05) is 6.92 Å². The minimum absolute atomic E-state index is 0.0243. The molecular formula is C12H18BrNO4S. The predicted octanol–water partition coefficient (Wildman–Crippen LogP) is 1.90. The molecule has 1 rings (SSSR count). The van der Waals surface area contributed by atoms with Crippen LogP contribution in [0.3, 0.4) is 0 Å². The van der Waals surface area contributed by atoms with Crippen LogP contribution in [0.15, 0.2) is 27.6 Å². The monoisotopic (exact) mass is 351 g/mol. The van der Waals surface area contributed by atoms with Crippen molar-refractivity contribution in [2.45, 2.75) is 31.3 Å². The Balaban J connectivity index is 2.94. The Morgan fingerprint density at radius 1 is 1.47 bits per heavy atom. The number of aliphatic hydroxyl groups excluding tert-OH is 1. The maximum atomic E-state index is 12.0. The van der Waals surface area contributed by atoms with Gasteiger partial charge in [0.05, 0.1) is 22.1 Å². The molecule has 0 saturated carbocycles. The second kappa shape index (κ2) is 7.23. The summed E-state index contributed by atoms with van der Waals surface area (Å²) in [7, 11) is -3.63. The summed E-state index contributed by atoms with van der Waals surface area (Å²) in [5.74, 6) is 0.488. The van der Waals surface area contributed by atoms with E-state index in [1.807, 2.05) is 6.92 Å². The molecule has 19 heavy (non-hydrogen) atoms. The standard InChI is InChI=1S/C12H18BrNO4S/c1-3-6-18-12-7-10(4-5-11(12)13)19(16,17)14-8-9(2)15/h4-5,7,9,14-15H,3,6,8H2,1-2H3. The van der Waals surface area contributed by atoms with Gasteiger partial charge in [-0.25, -0.2) is 13.1 Å². The quantitative estimate of drug-likeness (QED) is 0.786. The molecule has 0 aliphatic rings. The Morgan fingerprint density at radius 2 is 2.16 bits per heavy atom. The van der Waals surface area contributed by atoms with Crippen molar-refractivity contribution in [3.63, 3.8) is 0 Å². The van der Waals surface area contributed by atoms with Crippen LogP contribution >= 0.6 is 15.9 Å². The zero-order chi connectivity index (χ0) is 14.5. The van der Waals surface area contributed by atoms with Crippen LogP contribution in [0.25, 0.3) is 0 Å². The van der Waals surface area contributed by atoms with Gasteiger partial charge in [-0.3, -0.25) is 0 Å². The van der Waals surface area contributed by atoms with Crippen molar-refractivity contribution in [3.8, 4) is 5.75 Å². The summed E-state index contributed by atoms with van der Waals surface area (Å²) in [4.78, 5) is 0.113. The summed E-state index contributed by atoms with van der Waals surface area (Å²) < 4.78 is 32.5. The summed E-state index contributed by atoms with van der Waals surface area (Å²) in [6.45, 7) is 3.98. The van der Waals surface area contributed by atoms with E-state index in [1.54, 1.807) is 6.07 Å². The molecule has 0 aromatic heterocycles. The molecule has 0 aliphatic heterocycles. The molecular weight excluding hydrogens is 334 g/mol. The molecule has 1 aromatic rings. The fourth-order valence-electron chi connectivity index (χ4n) is 1.29. The fourth-order valence-corrected chi connectivity index (χ4v) is 2.78. The first-order valence-electron chi connectivity index (χ1n) is 5.97. The number of halogens is 1. The molecule has 0 bridgehead atoms.